The van der Waals surface area contributed by atoms with Gasteiger partial charge in [-0.1, -0.05) is 0 Å². The van der Waals surface area contributed by atoms with Gasteiger partial charge in [-0.25, -0.2) is 0 Å². The number of anilines is 1. The van der Waals surface area contributed by atoms with Crippen LogP contribution < -0.4 is 5.32 Å². The number of aryl methyl sites for hydroxylation is 2. The Hall–Kier alpha value is -1.91. The lowest BCUT2D eigenvalue weighted by atomic mass is 10.1. The molecule has 0 aromatic carbocycles. The molecule has 2 heterocycles. The standard InChI is InChI=1S/C11H15N5/c1-7-11(8(2)16(4)15-7)9-5-6-10(12-3)14-13-9/h5-6H,1-4H3,(H,12,14). The van der Waals surface area contributed by atoms with Crippen LogP contribution >= 0.6 is 0 Å². The van der Waals surface area contributed by atoms with Crippen molar-refractivity contribution in [2.75, 3.05) is 12.4 Å². The van der Waals surface area contributed by atoms with Gasteiger partial charge in [0.2, 0.25) is 0 Å². The quantitative estimate of drug-likeness (QED) is 0.829. The highest BCUT2D eigenvalue weighted by Crippen LogP contribution is 2.24. The van der Waals surface area contributed by atoms with Gasteiger partial charge in [-0.05, 0) is 26.0 Å². The number of rotatable bonds is 2. The summed E-state index contributed by atoms with van der Waals surface area (Å²) in [6.45, 7) is 4.01. The zero-order valence-corrected chi connectivity index (χ0v) is 9.94. The van der Waals surface area contributed by atoms with Crippen molar-refractivity contribution in [1.29, 1.82) is 0 Å². The summed E-state index contributed by atoms with van der Waals surface area (Å²) in [6.07, 6.45) is 0. The van der Waals surface area contributed by atoms with E-state index < -0.39 is 0 Å². The molecule has 2 aromatic rings. The highest BCUT2D eigenvalue weighted by Gasteiger charge is 2.12. The molecule has 2 aromatic heterocycles. The van der Waals surface area contributed by atoms with E-state index >= 15 is 0 Å². The average molecular weight is 217 g/mol. The highest BCUT2D eigenvalue weighted by atomic mass is 15.3. The van der Waals surface area contributed by atoms with E-state index in [1.54, 1.807) is 0 Å². The number of hydrogen-bond donors (Lipinski definition) is 1. The summed E-state index contributed by atoms with van der Waals surface area (Å²) in [5.74, 6) is 0.767. The molecule has 2 rings (SSSR count). The van der Waals surface area contributed by atoms with Crippen LogP contribution in [-0.2, 0) is 7.05 Å². The van der Waals surface area contributed by atoms with Crippen molar-refractivity contribution < 1.29 is 0 Å². The van der Waals surface area contributed by atoms with Crippen LogP contribution in [-0.4, -0.2) is 27.0 Å². The van der Waals surface area contributed by atoms with Crippen molar-refractivity contribution in [3.63, 3.8) is 0 Å². The Morgan fingerprint density at radius 2 is 1.94 bits per heavy atom. The minimum Gasteiger partial charge on any atom is -0.372 e. The van der Waals surface area contributed by atoms with Crippen LogP contribution in [0.15, 0.2) is 12.1 Å². The number of nitrogens with one attached hydrogen (secondary N) is 1. The number of hydrogen-bond acceptors (Lipinski definition) is 4. The predicted octanol–water partition coefficient (Wildman–Crippen LogP) is 1.54. The van der Waals surface area contributed by atoms with Crippen molar-refractivity contribution >= 4 is 5.82 Å². The SMILES string of the molecule is CNc1ccc(-c2c(C)nn(C)c2C)nn1. The fraction of sp³-hybridized carbons (Fsp3) is 0.364. The van der Waals surface area contributed by atoms with E-state index in [1.807, 2.05) is 44.8 Å². The van der Waals surface area contributed by atoms with Crippen molar-refractivity contribution in [3.05, 3.63) is 23.5 Å². The molecule has 0 aliphatic rings. The first-order valence-electron chi connectivity index (χ1n) is 5.15. The highest BCUT2D eigenvalue weighted by molar-refractivity contribution is 5.64. The predicted molar refractivity (Wildman–Crippen MR) is 63.3 cm³/mol. The molecule has 0 aliphatic heterocycles. The zero-order chi connectivity index (χ0) is 11.7. The normalized spacial score (nSPS) is 10.5. The van der Waals surface area contributed by atoms with Crippen LogP contribution in [0.25, 0.3) is 11.3 Å². The van der Waals surface area contributed by atoms with Crippen LogP contribution in [0, 0.1) is 13.8 Å². The third-order valence-corrected chi connectivity index (χ3v) is 2.69. The minimum absolute atomic E-state index is 0.767. The van der Waals surface area contributed by atoms with E-state index in [0.717, 1.165) is 28.5 Å². The van der Waals surface area contributed by atoms with Gasteiger partial charge < -0.3 is 5.32 Å². The molecule has 0 bridgehead atoms. The van der Waals surface area contributed by atoms with Gasteiger partial charge in [-0.15, -0.1) is 10.2 Å². The van der Waals surface area contributed by atoms with Crippen LogP contribution in [0.4, 0.5) is 5.82 Å². The summed E-state index contributed by atoms with van der Waals surface area (Å²) in [6, 6.07) is 3.87. The van der Waals surface area contributed by atoms with Gasteiger partial charge in [0.1, 0.15) is 5.82 Å². The monoisotopic (exact) mass is 217 g/mol. The summed E-state index contributed by atoms with van der Waals surface area (Å²) in [5, 5.41) is 15.6. The van der Waals surface area contributed by atoms with E-state index in [4.69, 9.17) is 0 Å². The molecule has 84 valence electrons. The second-order valence-corrected chi connectivity index (χ2v) is 3.72. The van der Waals surface area contributed by atoms with E-state index in [0.29, 0.717) is 0 Å². The van der Waals surface area contributed by atoms with Gasteiger partial charge in [0, 0.05) is 25.4 Å². The first kappa shape index (κ1) is 10.6. The number of nitrogens with zero attached hydrogens (tertiary/aromatic N) is 4. The van der Waals surface area contributed by atoms with Gasteiger partial charge in [-0.3, -0.25) is 4.68 Å². The molecular formula is C11H15N5. The lowest BCUT2D eigenvalue weighted by molar-refractivity contribution is 0.731. The molecule has 0 saturated carbocycles. The lowest BCUT2D eigenvalue weighted by Crippen LogP contribution is -1.96. The fourth-order valence-electron chi connectivity index (χ4n) is 1.74. The average Bonchev–Trinajstić information content (AvgIpc) is 2.54. The Kier molecular flexibility index (Phi) is 2.60. The molecule has 16 heavy (non-hydrogen) atoms. The van der Waals surface area contributed by atoms with Crippen LogP contribution in [0.2, 0.25) is 0 Å². The van der Waals surface area contributed by atoms with Gasteiger partial charge in [0.25, 0.3) is 0 Å². The Morgan fingerprint density at radius 1 is 1.19 bits per heavy atom. The molecule has 0 aliphatic carbocycles. The summed E-state index contributed by atoms with van der Waals surface area (Å²) < 4.78 is 1.86. The van der Waals surface area contributed by atoms with Gasteiger partial charge >= 0.3 is 0 Å². The molecule has 0 unspecified atom stereocenters. The van der Waals surface area contributed by atoms with Crippen molar-refractivity contribution in [1.82, 2.24) is 20.0 Å². The summed E-state index contributed by atoms with van der Waals surface area (Å²) in [7, 11) is 3.76. The minimum atomic E-state index is 0.767. The van der Waals surface area contributed by atoms with E-state index in [-0.39, 0.29) is 0 Å². The van der Waals surface area contributed by atoms with E-state index in [1.165, 1.54) is 0 Å². The number of aromatic nitrogens is 4. The molecule has 0 atom stereocenters. The smallest absolute Gasteiger partial charge is 0.148 e. The lowest BCUT2D eigenvalue weighted by Gasteiger charge is -2.02. The van der Waals surface area contributed by atoms with E-state index in [9.17, 15) is 0 Å². The first-order valence-corrected chi connectivity index (χ1v) is 5.15. The van der Waals surface area contributed by atoms with Crippen molar-refractivity contribution in [3.8, 4) is 11.3 Å². The Labute approximate surface area is 94.5 Å². The second-order valence-electron chi connectivity index (χ2n) is 3.72. The molecule has 0 saturated heterocycles. The van der Waals surface area contributed by atoms with Crippen molar-refractivity contribution in [2.45, 2.75) is 13.8 Å². The van der Waals surface area contributed by atoms with Crippen molar-refractivity contribution in [2.24, 2.45) is 7.05 Å². The Morgan fingerprint density at radius 3 is 2.38 bits per heavy atom. The largest absolute Gasteiger partial charge is 0.372 e. The van der Waals surface area contributed by atoms with E-state index in [2.05, 4.69) is 20.6 Å². The maximum Gasteiger partial charge on any atom is 0.148 e. The summed E-state index contributed by atoms with van der Waals surface area (Å²) >= 11 is 0. The molecule has 1 N–H and O–H groups in total. The molecule has 0 spiro atoms. The zero-order valence-electron chi connectivity index (χ0n) is 9.94. The molecule has 0 fully saturated rings. The summed E-state index contributed by atoms with van der Waals surface area (Å²) in [5.41, 5.74) is 4.01. The first-order chi connectivity index (χ1) is 7.63. The van der Waals surface area contributed by atoms with Crippen LogP contribution in [0.5, 0.6) is 0 Å². The molecular weight excluding hydrogens is 202 g/mol. The third-order valence-electron chi connectivity index (χ3n) is 2.69. The maximum absolute atomic E-state index is 4.36. The molecule has 5 heteroatoms. The van der Waals surface area contributed by atoms with Gasteiger partial charge in [0.05, 0.1) is 11.4 Å². The molecule has 0 amide bonds. The third kappa shape index (κ3) is 1.64. The molecule has 5 nitrogen and oxygen atoms in total. The van der Waals surface area contributed by atoms with Crippen LogP contribution in [0.1, 0.15) is 11.4 Å². The van der Waals surface area contributed by atoms with Gasteiger partial charge in [0.15, 0.2) is 0 Å². The Balaban J connectivity index is 2.50. The molecule has 0 radical (unpaired) electrons. The maximum atomic E-state index is 4.36. The summed E-state index contributed by atoms with van der Waals surface area (Å²) in [4.78, 5) is 0. The topological polar surface area (TPSA) is 55.6 Å². The fourth-order valence-corrected chi connectivity index (χ4v) is 1.74. The Bertz CT molecular complexity index is 498. The second kappa shape index (κ2) is 3.92. The van der Waals surface area contributed by atoms with Gasteiger partial charge in [-0.2, -0.15) is 5.10 Å². The van der Waals surface area contributed by atoms with Crippen LogP contribution in [0.3, 0.4) is 0 Å².